The summed E-state index contributed by atoms with van der Waals surface area (Å²) in [6.45, 7) is 2.73. The summed E-state index contributed by atoms with van der Waals surface area (Å²) >= 11 is 1.64. The summed E-state index contributed by atoms with van der Waals surface area (Å²) in [7, 11) is 0. The number of aromatic nitrogens is 3. The monoisotopic (exact) mass is 332 g/mol. The van der Waals surface area contributed by atoms with E-state index < -0.39 is 0 Å². The Morgan fingerprint density at radius 2 is 1.88 bits per heavy atom. The number of aryl methyl sites for hydroxylation is 1. The maximum Gasteiger partial charge on any atom is 0.139 e. The first-order valence-corrected chi connectivity index (χ1v) is 8.62. The Hall–Kier alpha value is -2.79. The highest BCUT2D eigenvalue weighted by Gasteiger charge is 2.13. The molecule has 0 saturated carbocycles. The van der Waals surface area contributed by atoms with Gasteiger partial charge in [0.05, 0.1) is 17.6 Å². The maximum atomic E-state index is 4.45. The van der Waals surface area contributed by atoms with E-state index in [1.807, 2.05) is 18.2 Å². The largest absolute Gasteiger partial charge is 0.364 e. The molecule has 0 fully saturated rings. The van der Waals surface area contributed by atoms with Crippen LogP contribution in [-0.4, -0.2) is 15.0 Å². The van der Waals surface area contributed by atoms with Crippen LogP contribution in [0.15, 0.2) is 60.4 Å². The van der Waals surface area contributed by atoms with Crippen molar-refractivity contribution in [1.29, 1.82) is 0 Å². The average molecular weight is 332 g/mol. The Bertz CT molecular complexity index is 962. The van der Waals surface area contributed by atoms with Crippen molar-refractivity contribution in [3.05, 3.63) is 71.6 Å². The van der Waals surface area contributed by atoms with E-state index >= 15 is 0 Å². The lowest BCUT2D eigenvalue weighted by atomic mass is 10.0. The van der Waals surface area contributed by atoms with E-state index in [1.165, 1.54) is 16.7 Å². The number of fused-ring (bicyclic) bond motifs is 1. The highest BCUT2D eigenvalue weighted by molar-refractivity contribution is 7.17. The number of anilines is 1. The number of nitrogens with zero attached hydrogens (tertiary/aromatic N) is 3. The fraction of sp³-hybridized carbons (Fsp3) is 0.105. The molecule has 0 aliphatic heterocycles. The van der Waals surface area contributed by atoms with Crippen molar-refractivity contribution in [2.24, 2.45) is 0 Å². The predicted octanol–water partition coefficient (Wildman–Crippen LogP) is 4.67. The van der Waals surface area contributed by atoms with Crippen LogP contribution in [0.1, 0.15) is 11.3 Å². The summed E-state index contributed by atoms with van der Waals surface area (Å²) in [5.41, 5.74) is 4.58. The molecule has 4 aromatic rings. The summed E-state index contributed by atoms with van der Waals surface area (Å²) in [5.74, 6) is 0.850. The van der Waals surface area contributed by atoms with Crippen LogP contribution in [0.25, 0.3) is 21.3 Å². The van der Waals surface area contributed by atoms with E-state index in [0.29, 0.717) is 6.54 Å². The molecule has 1 aromatic carbocycles. The number of benzene rings is 1. The first-order chi connectivity index (χ1) is 11.8. The Balaban J connectivity index is 1.73. The topological polar surface area (TPSA) is 50.7 Å². The highest BCUT2D eigenvalue weighted by atomic mass is 32.1. The van der Waals surface area contributed by atoms with Gasteiger partial charge in [-0.25, -0.2) is 9.97 Å². The predicted molar refractivity (Wildman–Crippen MR) is 99.2 cm³/mol. The van der Waals surface area contributed by atoms with Gasteiger partial charge in [-0.1, -0.05) is 35.9 Å². The van der Waals surface area contributed by atoms with E-state index in [2.05, 4.69) is 56.8 Å². The van der Waals surface area contributed by atoms with Gasteiger partial charge < -0.3 is 5.32 Å². The molecule has 24 heavy (non-hydrogen) atoms. The lowest BCUT2D eigenvalue weighted by Gasteiger charge is -2.08. The number of rotatable bonds is 4. The van der Waals surface area contributed by atoms with Crippen LogP contribution < -0.4 is 5.32 Å². The summed E-state index contributed by atoms with van der Waals surface area (Å²) < 4.78 is 0. The number of thiophene rings is 1. The second-order valence-corrected chi connectivity index (χ2v) is 6.45. The Morgan fingerprint density at radius 3 is 2.67 bits per heavy atom. The van der Waals surface area contributed by atoms with Gasteiger partial charge >= 0.3 is 0 Å². The fourth-order valence-electron chi connectivity index (χ4n) is 2.63. The Labute approximate surface area is 144 Å². The summed E-state index contributed by atoms with van der Waals surface area (Å²) in [4.78, 5) is 14.2. The minimum Gasteiger partial charge on any atom is -0.364 e. The number of pyridine rings is 1. The molecule has 5 heteroatoms. The molecular weight excluding hydrogens is 316 g/mol. The van der Waals surface area contributed by atoms with Crippen molar-refractivity contribution in [3.63, 3.8) is 0 Å². The normalized spacial score (nSPS) is 10.9. The Kier molecular flexibility index (Phi) is 3.92. The van der Waals surface area contributed by atoms with E-state index in [4.69, 9.17) is 0 Å². The number of hydrogen-bond donors (Lipinski definition) is 1. The quantitative estimate of drug-likeness (QED) is 0.590. The van der Waals surface area contributed by atoms with Gasteiger partial charge in [0.15, 0.2) is 0 Å². The van der Waals surface area contributed by atoms with Crippen molar-refractivity contribution in [2.45, 2.75) is 13.5 Å². The van der Waals surface area contributed by atoms with Crippen molar-refractivity contribution < 1.29 is 0 Å². The molecule has 3 aromatic heterocycles. The molecule has 0 aliphatic rings. The molecule has 0 atom stereocenters. The summed E-state index contributed by atoms with van der Waals surface area (Å²) in [5, 5.41) is 6.62. The van der Waals surface area contributed by atoms with Gasteiger partial charge in [0.25, 0.3) is 0 Å². The van der Waals surface area contributed by atoms with Crippen molar-refractivity contribution in [3.8, 4) is 11.1 Å². The van der Waals surface area contributed by atoms with Crippen LogP contribution in [0, 0.1) is 6.92 Å². The third-order valence-corrected chi connectivity index (χ3v) is 4.78. The summed E-state index contributed by atoms with van der Waals surface area (Å²) in [6, 6.07) is 14.5. The van der Waals surface area contributed by atoms with Crippen LogP contribution in [0.4, 0.5) is 5.82 Å². The minimum absolute atomic E-state index is 0.635. The van der Waals surface area contributed by atoms with Crippen molar-refractivity contribution in [1.82, 2.24) is 15.0 Å². The molecule has 0 spiro atoms. The molecule has 0 aliphatic carbocycles. The Morgan fingerprint density at radius 1 is 1.00 bits per heavy atom. The molecule has 1 N–H and O–H groups in total. The van der Waals surface area contributed by atoms with Gasteiger partial charge in [-0.15, -0.1) is 11.3 Å². The van der Waals surface area contributed by atoms with Gasteiger partial charge in [0, 0.05) is 17.1 Å². The van der Waals surface area contributed by atoms with Crippen molar-refractivity contribution >= 4 is 27.4 Å². The van der Waals surface area contributed by atoms with Crippen molar-refractivity contribution in [2.75, 3.05) is 5.32 Å². The lowest BCUT2D eigenvalue weighted by molar-refractivity contribution is 1.03. The maximum absolute atomic E-state index is 4.45. The SMILES string of the molecule is Cc1ccc(-c2csc3ncnc(NCc4ccccn4)c23)cc1. The molecule has 0 unspecified atom stereocenters. The minimum atomic E-state index is 0.635. The van der Waals surface area contributed by atoms with E-state index in [1.54, 1.807) is 23.9 Å². The zero-order valence-corrected chi connectivity index (χ0v) is 14.0. The number of nitrogens with one attached hydrogen (secondary N) is 1. The van der Waals surface area contributed by atoms with Gasteiger partial charge in [0.1, 0.15) is 17.0 Å². The third kappa shape index (κ3) is 2.86. The van der Waals surface area contributed by atoms with E-state index in [-0.39, 0.29) is 0 Å². The van der Waals surface area contributed by atoms with E-state index in [9.17, 15) is 0 Å². The van der Waals surface area contributed by atoms with Crippen LogP contribution in [0.2, 0.25) is 0 Å². The van der Waals surface area contributed by atoms with E-state index in [0.717, 1.165) is 21.7 Å². The van der Waals surface area contributed by atoms with Crippen LogP contribution >= 0.6 is 11.3 Å². The number of hydrogen-bond acceptors (Lipinski definition) is 5. The second kappa shape index (κ2) is 6.37. The molecular formula is C19H16N4S. The molecule has 4 nitrogen and oxygen atoms in total. The first kappa shape index (κ1) is 14.8. The molecule has 0 radical (unpaired) electrons. The molecule has 0 bridgehead atoms. The van der Waals surface area contributed by atoms with Crippen LogP contribution in [0.5, 0.6) is 0 Å². The summed E-state index contributed by atoms with van der Waals surface area (Å²) in [6.07, 6.45) is 3.41. The zero-order valence-electron chi connectivity index (χ0n) is 13.2. The van der Waals surface area contributed by atoms with Gasteiger partial charge in [-0.2, -0.15) is 0 Å². The molecule has 0 amide bonds. The van der Waals surface area contributed by atoms with Gasteiger partial charge in [-0.05, 0) is 24.6 Å². The fourth-order valence-corrected chi connectivity index (χ4v) is 3.55. The average Bonchev–Trinajstić information content (AvgIpc) is 3.06. The lowest BCUT2D eigenvalue weighted by Crippen LogP contribution is -2.03. The first-order valence-electron chi connectivity index (χ1n) is 7.74. The smallest absolute Gasteiger partial charge is 0.139 e. The molecule has 0 saturated heterocycles. The van der Waals surface area contributed by atoms with Crippen LogP contribution in [0.3, 0.4) is 0 Å². The van der Waals surface area contributed by atoms with Crippen LogP contribution in [-0.2, 0) is 6.54 Å². The highest BCUT2D eigenvalue weighted by Crippen LogP contribution is 2.36. The van der Waals surface area contributed by atoms with Gasteiger partial charge in [-0.3, -0.25) is 4.98 Å². The zero-order chi connectivity index (χ0) is 16.4. The standard InChI is InChI=1S/C19H16N4S/c1-13-5-7-14(8-6-13)16-11-24-19-17(16)18(22-12-23-19)21-10-15-4-2-3-9-20-15/h2-9,11-12H,10H2,1H3,(H,21,22,23). The van der Waals surface area contributed by atoms with Gasteiger partial charge in [0.2, 0.25) is 0 Å². The molecule has 3 heterocycles. The second-order valence-electron chi connectivity index (χ2n) is 5.59. The molecule has 118 valence electrons. The molecule has 4 rings (SSSR count). The third-order valence-electron chi connectivity index (χ3n) is 3.90.